The van der Waals surface area contributed by atoms with Gasteiger partial charge in [0.2, 0.25) is 5.91 Å². The minimum atomic E-state index is 0.0341. The molecule has 1 aromatic rings. The number of likely N-dealkylation sites (N-methyl/N-ethyl adjacent to an activating group) is 1. The van der Waals surface area contributed by atoms with E-state index in [1.54, 1.807) is 4.90 Å². The van der Waals surface area contributed by atoms with Gasteiger partial charge in [0.25, 0.3) is 0 Å². The monoisotopic (exact) mass is 247 g/mol. The van der Waals surface area contributed by atoms with Gasteiger partial charge in [-0.2, -0.15) is 0 Å². The Morgan fingerprint density at radius 3 is 2.72 bits per heavy atom. The molecule has 18 heavy (non-hydrogen) atoms. The Morgan fingerprint density at radius 2 is 2.11 bits per heavy atom. The fourth-order valence-electron chi connectivity index (χ4n) is 2.71. The molecule has 0 aliphatic carbocycles. The Labute approximate surface area is 108 Å². The first kappa shape index (κ1) is 12.9. The third-order valence-electron chi connectivity index (χ3n) is 3.60. The topological polar surface area (TPSA) is 49.6 Å². The van der Waals surface area contributed by atoms with Gasteiger partial charge in [-0.3, -0.25) is 4.79 Å². The molecule has 1 amide bonds. The van der Waals surface area contributed by atoms with Crippen LogP contribution in [0.15, 0.2) is 24.3 Å². The minimum absolute atomic E-state index is 0.0341. The van der Waals surface area contributed by atoms with Crippen LogP contribution in [0.1, 0.15) is 11.5 Å². The standard InChI is InChI=1S/C14H21N3O/c1-16(2)14(18)13-9-17(3)8-12(13)10-5-4-6-11(15)7-10/h4-7,12-13H,8-9,15H2,1-3H3/t12-,13+/m1/s1. The van der Waals surface area contributed by atoms with Crippen LogP contribution in [0.2, 0.25) is 0 Å². The summed E-state index contributed by atoms with van der Waals surface area (Å²) in [6.45, 7) is 1.73. The average Bonchev–Trinajstić information content (AvgIpc) is 2.70. The van der Waals surface area contributed by atoms with Gasteiger partial charge in [-0.15, -0.1) is 0 Å². The lowest BCUT2D eigenvalue weighted by Gasteiger charge is -2.21. The number of likely N-dealkylation sites (tertiary alicyclic amines) is 1. The highest BCUT2D eigenvalue weighted by Gasteiger charge is 2.37. The predicted octanol–water partition coefficient (Wildman–Crippen LogP) is 1.00. The van der Waals surface area contributed by atoms with Crippen LogP contribution in [0.25, 0.3) is 0 Å². The van der Waals surface area contributed by atoms with Gasteiger partial charge in [0.05, 0.1) is 5.92 Å². The zero-order valence-corrected chi connectivity index (χ0v) is 11.3. The van der Waals surface area contributed by atoms with E-state index in [1.807, 2.05) is 32.3 Å². The average molecular weight is 247 g/mol. The highest BCUT2D eigenvalue weighted by molar-refractivity contribution is 5.80. The molecule has 1 saturated heterocycles. The predicted molar refractivity (Wildman–Crippen MR) is 73.3 cm³/mol. The zero-order chi connectivity index (χ0) is 13.3. The summed E-state index contributed by atoms with van der Waals surface area (Å²) in [5.74, 6) is 0.479. The number of nitrogens with two attached hydrogens (primary N) is 1. The van der Waals surface area contributed by atoms with E-state index in [0.29, 0.717) is 0 Å². The lowest BCUT2D eigenvalue weighted by Crippen LogP contribution is -2.33. The van der Waals surface area contributed by atoms with Gasteiger partial charge < -0.3 is 15.5 Å². The van der Waals surface area contributed by atoms with E-state index < -0.39 is 0 Å². The fourth-order valence-corrected chi connectivity index (χ4v) is 2.71. The number of amides is 1. The first-order valence-electron chi connectivity index (χ1n) is 6.24. The molecule has 0 bridgehead atoms. The second kappa shape index (κ2) is 4.98. The summed E-state index contributed by atoms with van der Waals surface area (Å²) in [6.07, 6.45) is 0. The van der Waals surface area contributed by atoms with Crippen molar-refractivity contribution in [3.05, 3.63) is 29.8 Å². The number of rotatable bonds is 2. The van der Waals surface area contributed by atoms with Crippen LogP contribution in [0.5, 0.6) is 0 Å². The van der Waals surface area contributed by atoms with Crippen LogP contribution in [-0.4, -0.2) is 49.9 Å². The molecule has 2 atom stereocenters. The van der Waals surface area contributed by atoms with Crippen molar-refractivity contribution in [1.82, 2.24) is 9.80 Å². The number of carbonyl (C=O) groups excluding carboxylic acids is 1. The van der Waals surface area contributed by atoms with Crippen LogP contribution in [0, 0.1) is 5.92 Å². The molecule has 2 rings (SSSR count). The van der Waals surface area contributed by atoms with Crippen molar-refractivity contribution in [3.63, 3.8) is 0 Å². The maximum atomic E-state index is 12.2. The molecule has 4 nitrogen and oxygen atoms in total. The molecule has 98 valence electrons. The van der Waals surface area contributed by atoms with Crippen LogP contribution in [0.3, 0.4) is 0 Å². The second-order valence-electron chi connectivity index (χ2n) is 5.34. The highest BCUT2D eigenvalue weighted by atomic mass is 16.2. The van der Waals surface area contributed by atoms with Crippen LogP contribution < -0.4 is 5.73 Å². The Bertz CT molecular complexity index is 444. The molecule has 1 aromatic carbocycles. The zero-order valence-electron chi connectivity index (χ0n) is 11.3. The second-order valence-corrected chi connectivity index (χ2v) is 5.34. The number of hydrogen-bond donors (Lipinski definition) is 1. The van der Waals surface area contributed by atoms with Crippen molar-refractivity contribution in [2.75, 3.05) is 40.0 Å². The Balaban J connectivity index is 2.27. The van der Waals surface area contributed by atoms with Crippen molar-refractivity contribution in [2.24, 2.45) is 5.92 Å². The first-order chi connectivity index (χ1) is 8.49. The van der Waals surface area contributed by atoms with Gasteiger partial charge in [-0.25, -0.2) is 0 Å². The lowest BCUT2D eigenvalue weighted by atomic mass is 9.88. The Morgan fingerprint density at radius 1 is 1.39 bits per heavy atom. The van der Waals surface area contributed by atoms with Gasteiger partial charge in [0.15, 0.2) is 0 Å². The van der Waals surface area contributed by atoms with E-state index in [-0.39, 0.29) is 17.7 Å². The molecule has 4 heteroatoms. The normalized spacial score (nSPS) is 24.2. The van der Waals surface area contributed by atoms with E-state index in [9.17, 15) is 4.79 Å². The summed E-state index contributed by atoms with van der Waals surface area (Å²) in [5.41, 5.74) is 7.76. The molecule has 0 radical (unpaired) electrons. The molecule has 1 aliphatic heterocycles. The molecule has 1 aliphatic rings. The van der Waals surface area contributed by atoms with Gasteiger partial charge in [-0.05, 0) is 24.7 Å². The Kier molecular flexibility index (Phi) is 3.57. The van der Waals surface area contributed by atoms with Crippen LogP contribution >= 0.6 is 0 Å². The number of benzene rings is 1. The van der Waals surface area contributed by atoms with E-state index >= 15 is 0 Å². The largest absolute Gasteiger partial charge is 0.399 e. The van der Waals surface area contributed by atoms with Crippen LogP contribution in [-0.2, 0) is 4.79 Å². The van der Waals surface area contributed by atoms with E-state index in [1.165, 1.54) is 5.56 Å². The van der Waals surface area contributed by atoms with Crippen molar-refractivity contribution < 1.29 is 4.79 Å². The quantitative estimate of drug-likeness (QED) is 0.793. The van der Waals surface area contributed by atoms with Gasteiger partial charge >= 0.3 is 0 Å². The molecule has 2 N–H and O–H groups in total. The maximum absolute atomic E-state index is 12.2. The first-order valence-corrected chi connectivity index (χ1v) is 6.24. The Hall–Kier alpha value is -1.55. The summed E-state index contributed by atoms with van der Waals surface area (Å²) in [5, 5.41) is 0. The molecule has 1 heterocycles. The van der Waals surface area contributed by atoms with Gasteiger partial charge in [-0.1, -0.05) is 12.1 Å². The SMILES string of the molecule is CN1C[C@H](C(=O)N(C)C)[C@@H](c2cccc(N)c2)C1. The summed E-state index contributed by atoms with van der Waals surface area (Å²) in [7, 11) is 5.69. The minimum Gasteiger partial charge on any atom is -0.399 e. The van der Waals surface area contributed by atoms with Gasteiger partial charge in [0.1, 0.15) is 0 Å². The number of anilines is 1. The van der Waals surface area contributed by atoms with Crippen molar-refractivity contribution >= 4 is 11.6 Å². The highest BCUT2D eigenvalue weighted by Crippen LogP contribution is 2.33. The van der Waals surface area contributed by atoms with Crippen molar-refractivity contribution in [3.8, 4) is 0 Å². The molecule has 0 aromatic heterocycles. The van der Waals surface area contributed by atoms with E-state index in [0.717, 1.165) is 18.8 Å². The van der Waals surface area contributed by atoms with E-state index in [2.05, 4.69) is 18.0 Å². The summed E-state index contributed by atoms with van der Waals surface area (Å²) >= 11 is 0. The number of hydrogen-bond acceptors (Lipinski definition) is 3. The smallest absolute Gasteiger partial charge is 0.227 e. The molecule has 1 fully saturated rings. The molecule has 0 unspecified atom stereocenters. The molecule has 0 saturated carbocycles. The molecule has 0 spiro atoms. The van der Waals surface area contributed by atoms with Gasteiger partial charge in [0, 0.05) is 38.8 Å². The summed E-state index contributed by atoms with van der Waals surface area (Å²) < 4.78 is 0. The molecular weight excluding hydrogens is 226 g/mol. The lowest BCUT2D eigenvalue weighted by molar-refractivity contribution is -0.132. The summed E-state index contributed by atoms with van der Waals surface area (Å²) in [6, 6.07) is 7.89. The fraction of sp³-hybridized carbons (Fsp3) is 0.500. The van der Waals surface area contributed by atoms with Crippen molar-refractivity contribution in [1.29, 1.82) is 0 Å². The third kappa shape index (κ3) is 2.48. The number of nitrogens with zero attached hydrogens (tertiary/aromatic N) is 2. The van der Waals surface area contributed by atoms with Crippen molar-refractivity contribution in [2.45, 2.75) is 5.92 Å². The summed E-state index contributed by atoms with van der Waals surface area (Å²) in [4.78, 5) is 16.1. The number of nitrogen functional groups attached to an aromatic ring is 1. The third-order valence-corrected chi connectivity index (χ3v) is 3.60. The van der Waals surface area contributed by atoms with Crippen LogP contribution in [0.4, 0.5) is 5.69 Å². The molecular formula is C14H21N3O. The number of carbonyl (C=O) groups is 1. The van der Waals surface area contributed by atoms with E-state index in [4.69, 9.17) is 5.73 Å². The maximum Gasteiger partial charge on any atom is 0.227 e.